The van der Waals surface area contributed by atoms with Crippen molar-refractivity contribution in [2.75, 3.05) is 4.90 Å². The highest BCUT2D eigenvalue weighted by Crippen LogP contribution is 2.42. The average molecular weight is 703 g/mol. The summed E-state index contributed by atoms with van der Waals surface area (Å²) in [5, 5.41) is 7.10. The summed E-state index contributed by atoms with van der Waals surface area (Å²) in [6, 6.07) is 73.9. The molecule has 0 atom stereocenters. The van der Waals surface area contributed by atoms with Crippen LogP contribution in [0.15, 0.2) is 211 Å². The van der Waals surface area contributed by atoms with Gasteiger partial charge in [-0.1, -0.05) is 133 Å². The molecule has 0 aliphatic carbocycles. The smallest absolute Gasteiger partial charge is 0.137 e. The lowest BCUT2D eigenvalue weighted by atomic mass is 9.94. The molecule has 0 aliphatic heterocycles. The van der Waals surface area contributed by atoms with Gasteiger partial charge >= 0.3 is 0 Å². The maximum Gasteiger partial charge on any atom is 0.137 e. The van der Waals surface area contributed by atoms with E-state index in [4.69, 9.17) is 4.42 Å². The van der Waals surface area contributed by atoms with E-state index in [0.717, 1.165) is 44.7 Å². The van der Waals surface area contributed by atoms with Crippen LogP contribution in [0.2, 0.25) is 0 Å². The van der Waals surface area contributed by atoms with E-state index in [-0.39, 0.29) is 0 Å². The fourth-order valence-corrected chi connectivity index (χ4v) is 8.39. The number of hydrogen-bond acceptors (Lipinski definition) is 2. The fourth-order valence-electron chi connectivity index (χ4n) is 8.39. The minimum atomic E-state index is 0.853. The summed E-state index contributed by atoms with van der Waals surface area (Å²) in [6.07, 6.45) is 0. The predicted octanol–water partition coefficient (Wildman–Crippen LogP) is 14.6. The Labute approximate surface area is 318 Å². The number of furan rings is 1. The van der Waals surface area contributed by atoms with E-state index in [2.05, 4.69) is 216 Å². The van der Waals surface area contributed by atoms with Crippen LogP contribution in [-0.4, -0.2) is 4.57 Å². The van der Waals surface area contributed by atoms with Gasteiger partial charge in [0, 0.05) is 50.4 Å². The highest BCUT2D eigenvalue weighted by atomic mass is 16.3. The first-order chi connectivity index (χ1) is 27.3. The van der Waals surface area contributed by atoms with Crippen LogP contribution >= 0.6 is 0 Å². The second-order valence-electron chi connectivity index (χ2n) is 14.2. The Morgan fingerprint density at radius 3 is 1.67 bits per heavy atom. The van der Waals surface area contributed by atoms with Gasteiger partial charge in [0.1, 0.15) is 11.2 Å². The molecule has 0 saturated carbocycles. The third-order valence-corrected chi connectivity index (χ3v) is 11.0. The summed E-state index contributed by atoms with van der Waals surface area (Å²) < 4.78 is 8.99. The van der Waals surface area contributed by atoms with E-state index in [9.17, 15) is 0 Å². The van der Waals surface area contributed by atoms with Crippen molar-refractivity contribution in [1.29, 1.82) is 0 Å². The molecule has 0 spiro atoms. The molecule has 0 unspecified atom stereocenters. The van der Waals surface area contributed by atoms with Crippen LogP contribution in [0.3, 0.4) is 0 Å². The third-order valence-electron chi connectivity index (χ3n) is 11.0. The van der Waals surface area contributed by atoms with Crippen molar-refractivity contribution in [3.8, 4) is 27.9 Å². The number of para-hydroxylation sites is 2. The molecule has 0 aliphatic rings. The van der Waals surface area contributed by atoms with Crippen LogP contribution in [-0.2, 0) is 0 Å². The summed E-state index contributed by atoms with van der Waals surface area (Å²) in [6.45, 7) is 0. The van der Waals surface area contributed by atoms with Gasteiger partial charge in [-0.15, -0.1) is 0 Å². The Kier molecular flexibility index (Phi) is 7.17. The number of hydrogen-bond donors (Lipinski definition) is 0. The van der Waals surface area contributed by atoms with E-state index >= 15 is 0 Å². The molecule has 258 valence electrons. The summed E-state index contributed by atoms with van der Waals surface area (Å²) in [5.74, 6) is 0. The number of aromatic nitrogens is 1. The van der Waals surface area contributed by atoms with Crippen molar-refractivity contribution in [3.63, 3.8) is 0 Å². The van der Waals surface area contributed by atoms with E-state index in [0.29, 0.717) is 0 Å². The van der Waals surface area contributed by atoms with Crippen molar-refractivity contribution >= 4 is 71.6 Å². The molecule has 0 amide bonds. The maximum atomic E-state index is 6.63. The summed E-state index contributed by atoms with van der Waals surface area (Å²) in [4.78, 5) is 2.33. The van der Waals surface area contributed by atoms with Crippen molar-refractivity contribution in [1.82, 2.24) is 4.57 Å². The summed E-state index contributed by atoms with van der Waals surface area (Å²) in [7, 11) is 0. The minimum Gasteiger partial charge on any atom is -0.456 e. The zero-order valence-electron chi connectivity index (χ0n) is 29.9. The first kappa shape index (κ1) is 31.2. The molecule has 3 nitrogen and oxygen atoms in total. The molecule has 0 radical (unpaired) electrons. The number of nitrogens with zero attached hydrogens (tertiary/aromatic N) is 2. The van der Waals surface area contributed by atoms with Crippen molar-refractivity contribution in [2.45, 2.75) is 0 Å². The Morgan fingerprint density at radius 1 is 0.345 bits per heavy atom. The van der Waals surface area contributed by atoms with E-state index in [1.54, 1.807) is 0 Å². The van der Waals surface area contributed by atoms with E-state index < -0.39 is 0 Å². The van der Waals surface area contributed by atoms with Crippen molar-refractivity contribution in [3.05, 3.63) is 206 Å². The molecular formula is C52H34N2O. The molecule has 9 aromatic carbocycles. The van der Waals surface area contributed by atoms with Gasteiger partial charge in [-0.3, -0.25) is 0 Å². The highest BCUT2D eigenvalue weighted by Gasteiger charge is 2.18. The number of rotatable bonds is 6. The summed E-state index contributed by atoms with van der Waals surface area (Å²) in [5.41, 5.74) is 13.2. The maximum absolute atomic E-state index is 6.63. The standard InChI is InChI=1S/C52H34N2O/c1-2-13-36(14-3-1)43-16-6-7-17-44(43)37-23-25-39(26-24-37)53(40-27-22-35-12-4-5-15-38(35)32-40)42-28-30-47-48-33-41(29-31-51(48)55-52(47)34-42)54-49-20-10-8-18-45(49)46-19-9-11-21-50(46)54/h1-34H. The molecule has 2 heterocycles. The molecule has 0 saturated heterocycles. The molecule has 0 fully saturated rings. The molecular weight excluding hydrogens is 669 g/mol. The van der Waals surface area contributed by atoms with Crippen LogP contribution in [0.1, 0.15) is 0 Å². The second kappa shape index (κ2) is 12.6. The number of fused-ring (bicyclic) bond motifs is 7. The van der Waals surface area contributed by atoms with Gasteiger partial charge in [-0.05, 0) is 99.8 Å². The average Bonchev–Trinajstić information content (AvgIpc) is 3.79. The highest BCUT2D eigenvalue weighted by molar-refractivity contribution is 6.11. The second-order valence-corrected chi connectivity index (χ2v) is 14.2. The lowest BCUT2D eigenvalue weighted by molar-refractivity contribution is 0.669. The van der Waals surface area contributed by atoms with Crippen LogP contribution in [0.4, 0.5) is 17.1 Å². The zero-order valence-corrected chi connectivity index (χ0v) is 29.9. The number of anilines is 3. The molecule has 2 aromatic heterocycles. The Morgan fingerprint density at radius 2 is 0.927 bits per heavy atom. The molecule has 3 heteroatoms. The van der Waals surface area contributed by atoms with Crippen molar-refractivity contribution < 1.29 is 4.42 Å². The largest absolute Gasteiger partial charge is 0.456 e. The predicted molar refractivity (Wildman–Crippen MR) is 231 cm³/mol. The monoisotopic (exact) mass is 702 g/mol. The first-order valence-corrected chi connectivity index (χ1v) is 18.8. The van der Waals surface area contributed by atoms with Gasteiger partial charge in [0.25, 0.3) is 0 Å². The SMILES string of the molecule is c1ccc(-c2ccccc2-c2ccc(N(c3ccc4ccccc4c3)c3ccc4c(c3)oc3ccc(-n5c6ccccc6c6ccccc65)cc34)cc2)cc1. The molecule has 11 rings (SSSR count). The fraction of sp³-hybridized carbons (Fsp3) is 0. The quantitative estimate of drug-likeness (QED) is 0.172. The van der Waals surface area contributed by atoms with Gasteiger partial charge in [0.15, 0.2) is 0 Å². The Balaban J connectivity index is 1.04. The summed E-state index contributed by atoms with van der Waals surface area (Å²) >= 11 is 0. The minimum absolute atomic E-state index is 0.853. The lowest BCUT2D eigenvalue weighted by Crippen LogP contribution is -2.09. The van der Waals surface area contributed by atoms with Gasteiger partial charge in [0.05, 0.1) is 11.0 Å². The van der Waals surface area contributed by atoms with Crippen LogP contribution in [0.25, 0.3) is 82.5 Å². The topological polar surface area (TPSA) is 21.3 Å². The lowest BCUT2D eigenvalue weighted by Gasteiger charge is -2.26. The van der Waals surface area contributed by atoms with Crippen LogP contribution in [0, 0.1) is 0 Å². The van der Waals surface area contributed by atoms with Gasteiger partial charge in [0.2, 0.25) is 0 Å². The van der Waals surface area contributed by atoms with Crippen LogP contribution < -0.4 is 4.90 Å². The number of benzene rings is 9. The van der Waals surface area contributed by atoms with Gasteiger partial charge in [-0.25, -0.2) is 0 Å². The molecule has 0 bridgehead atoms. The Hall–Kier alpha value is -7.36. The third kappa shape index (κ3) is 5.20. The van der Waals surface area contributed by atoms with Crippen molar-refractivity contribution in [2.24, 2.45) is 0 Å². The zero-order chi connectivity index (χ0) is 36.3. The normalized spacial score (nSPS) is 11.6. The molecule has 11 aromatic rings. The van der Waals surface area contributed by atoms with E-state index in [1.165, 1.54) is 54.8 Å². The van der Waals surface area contributed by atoms with E-state index in [1.807, 2.05) is 0 Å². The van der Waals surface area contributed by atoms with Gasteiger partial charge < -0.3 is 13.9 Å². The first-order valence-electron chi connectivity index (χ1n) is 18.8. The molecule has 55 heavy (non-hydrogen) atoms. The van der Waals surface area contributed by atoms with Crippen LogP contribution in [0.5, 0.6) is 0 Å². The molecule has 0 N–H and O–H groups in total. The Bertz CT molecular complexity index is 3150. The van der Waals surface area contributed by atoms with Gasteiger partial charge in [-0.2, -0.15) is 0 Å².